The van der Waals surface area contributed by atoms with Gasteiger partial charge >= 0.3 is 0 Å². The molecular formula is C8H10Cl2O3. The minimum absolute atomic E-state index is 0.692. The summed E-state index contributed by atoms with van der Waals surface area (Å²) in [5, 5.41) is 8.78. The Hall–Kier alpha value is -0.480. The maximum Gasteiger partial charge on any atom is 0.194 e. The smallest absolute Gasteiger partial charge is 0.194 e. The van der Waals surface area contributed by atoms with Crippen molar-refractivity contribution >= 4 is 23.7 Å². The number of ether oxygens (including phenoxy) is 1. The molecule has 1 aromatic carbocycles. The predicted octanol–water partition coefficient (Wildman–Crippen LogP) is 2.71. The zero-order chi connectivity index (χ0) is 10.1. The van der Waals surface area contributed by atoms with Crippen molar-refractivity contribution in [2.45, 2.75) is 13.2 Å². The van der Waals surface area contributed by atoms with Gasteiger partial charge in [-0.15, -0.1) is 0 Å². The zero-order valence-electron chi connectivity index (χ0n) is 6.98. The van der Waals surface area contributed by atoms with E-state index in [1.54, 1.807) is 19.1 Å². The van der Waals surface area contributed by atoms with Crippen molar-refractivity contribution in [2.24, 2.45) is 0 Å². The topological polar surface area (TPSA) is 38.7 Å². The first-order chi connectivity index (χ1) is 6.20. The molecule has 0 radical (unpaired) electrons. The first-order valence-corrected chi connectivity index (χ1v) is 4.11. The summed E-state index contributed by atoms with van der Waals surface area (Å²) < 4.78 is 8.16. The Morgan fingerprint density at radius 1 is 1.23 bits per heavy atom. The largest absolute Gasteiger partial charge is 0.465 e. The van der Waals surface area contributed by atoms with Crippen LogP contribution in [0.25, 0.3) is 0 Å². The molecule has 0 saturated carbocycles. The van der Waals surface area contributed by atoms with Crippen molar-refractivity contribution in [2.75, 3.05) is 0 Å². The van der Waals surface area contributed by atoms with Crippen LogP contribution in [0.4, 0.5) is 0 Å². The fourth-order valence-corrected chi connectivity index (χ4v) is 0.696. The van der Waals surface area contributed by atoms with Gasteiger partial charge in [0.05, 0.1) is 23.7 Å². The maximum absolute atomic E-state index is 8.78. The van der Waals surface area contributed by atoms with Crippen molar-refractivity contribution in [1.82, 2.24) is 0 Å². The molecule has 0 heterocycles. The van der Waals surface area contributed by atoms with E-state index < -0.39 is 6.29 Å². The molecule has 1 unspecified atom stereocenters. The molecule has 0 aromatic heterocycles. The highest BCUT2D eigenvalue weighted by Gasteiger charge is 1.94. The molecule has 0 amide bonds. The second-order valence-electron chi connectivity index (χ2n) is 2.09. The van der Waals surface area contributed by atoms with Crippen LogP contribution in [0.5, 0.6) is 5.75 Å². The normalized spacial score (nSPS) is 11.1. The SMILES string of the molecule is CC(O)Oc1ccccc1.ClOCl. The zero-order valence-corrected chi connectivity index (χ0v) is 8.50. The average molecular weight is 225 g/mol. The van der Waals surface area contributed by atoms with Crippen LogP contribution < -0.4 is 4.74 Å². The third-order valence-electron chi connectivity index (χ3n) is 1.05. The minimum Gasteiger partial charge on any atom is -0.465 e. The molecule has 1 rings (SSSR count). The summed E-state index contributed by atoms with van der Waals surface area (Å²) in [5.41, 5.74) is 0. The van der Waals surface area contributed by atoms with Gasteiger partial charge in [-0.3, -0.25) is 0 Å². The number of aliphatic hydroxyl groups excluding tert-OH is 1. The second-order valence-corrected chi connectivity index (χ2v) is 2.56. The van der Waals surface area contributed by atoms with Crippen molar-refractivity contribution in [1.29, 1.82) is 0 Å². The Kier molecular flexibility index (Phi) is 7.83. The molecule has 5 heteroatoms. The number of benzene rings is 1. The maximum atomic E-state index is 8.78. The molecule has 74 valence electrons. The molecule has 0 aliphatic heterocycles. The van der Waals surface area contributed by atoms with Gasteiger partial charge < -0.3 is 9.84 Å². The molecule has 0 fully saturated rings. The Balaban J connectivity index is 0.000000424. The van der Waals surface area contributed by atoms with Gasteiger partial charge in [-0.1, -0.05) is 18.2 Å². The second kappa shape index (κ2) is 8.13. The highest BCUT2D eigenvalue weighted by Crippen LogP contribution is 2.09. The third kappa shape index (κ3) is 7.87. The Labute approximate surface area is 87.1 Å². The molecular weight excluding hydrogens is 215 g/mol. The molecule has 1 aromatic rings. The summed E-state index contributed by atoms with van der Waals surface area (Å²) >= 11 is 8.53. The number of para-hydroxylation sites is 1. The van der Waals surface area contributed by atoms with Crippen LogP contribution in [-0.4, -0.2) is 11.4 Å². The van der Waals surface area contributed by atoms with Crippen molar-refractivity contribution in [3.05, 3.63) is 30.3 Å². The summed E-state index contributed by atoms with van der Waals surface area (Å²) in [4.78, 5) is 0. The Morgan fingerprint density at radius 3 is 2.08 bits per heavy atom. The molecule has 0 aliphatic rings. The van der Waals surface area contributed by atoms with Gasteiger partial charge in [0.25, 0.3) is 0 Å². The van der Waals surface area contributed by atoms with E-state index in [0.29, 0.717) is 5.75 Å². The van der Waals surface area contributed by atoms with Crippen LogP contribution in [0.3, 0.4) is 0 Å². The molecule has 0 spiro atoms. The number of aliphatic hydroxyl groups is 1. The summed E-state index contributed by atoms with van der Waals surface area (Å²) in [6.45, 7) is 1.58. The van der Waals surface area contributed by atoms with Gasteiger partial charge in [-0.25, -0.2) is 0 Å². The quantitative estimate of drug-likeness (QED) is 0.786. The number of hydrogen-bond donors (Lipinski definition) is 1. The van der Waals surface area contributed by atoms with Gasteiger partial charge in [0.1, 0.15) is 5.75 Å². The van der Waals surface area contributed by atoms with Crippen LogP contribution in [0.2, 0.25) is 0 Å². The van der Waals surface area contributed by atoms with Gasteiger partial charge in [-0.05, 0) is 19.1 Å². The summed E-state index contributed by atoms with van der Waals surface area (Å²) in [5.74, 6) is 0.692. The number of halogens is 2. The van der Waals surface area contributed by atoms with Gasteiger partial charge in [-0.2, -0.15) is 3.84 Å². The van der Waals surface area contributed by atoms with E-state index in [0.717, 1.165) is 0 Å². The lowest BCUT2D eigenvalue weighted by atomic mass is 10.3. The fourth-order valence-electron chi connectivity index (χ4n) is 0.696. The lowest BCUT2D eigenvalue weighted by Crippen LogP contribution is -2.08. The Morgan fingerprint density at radius 2 is 1.69 bits per heavy atom. The Bertz CT molecular complexity index is 204. The van der Waals surface area contributed by atoms with Gasteiger partial charge in [0.2, 0.25) is 0 Å². The van der Waals surface area contributed by atoms with Crippen LogP contribution in [-0.2, 0) is 3.84 Å². The first-order valence-electron chi connectivity index (χ1n) is 3.49. The summed E-state index contributed by atoms with van der Waals surface area (Å²) in [6, 6.07) is 9.21. The molecule has 1 atom stereocenters. The third-order valence-corrected chi connectivity index (χ3v) is 1.05. The lowest BCUT2D eigenvalue weighted by molar-refractivity contribution is -0.000287. The van der Waals surface area contributed by atoms with Crippen molar-refractivity contribution in [3.8, 4) is 5.75 Å². The summed E-state index contributed by atoms with van der Waals surface area (Å²) in [7, 11) is 0. The first kappa shape index (κ1) is 12.5. The number of rotatable bonds is 2. The highest BCUT2D eigenvalue weighted by molar-refractivity contribution is 6.24. The van der Waals surface area contributed by atoms with Crippen LogP contribution >= 0.6 is 23.7 Å². The van der Waals surface area contributed by atoms with E-state index in [1.165, 1.54) is 0 Å². The van der Waals surface area contributed by atoms with Gasteiger partial charge in [0, 0.05) is 0 Å². The van der Waals surface area contributed by atoms with E-state index in [4.69, 9.17) is 9.84 Å². The standard InChI is InChI=1S/C8H10O2.Cl2O/c1-7(9)10-8-5-3-2-4-6-8;1-3-2/h2-7,9H,1H3;. The summed E-state index contributed by atoms with van der Waals surface area (Å²) in [6.07, 6.45) is -0.734. The lowest BCUT2D eigenvalue weighted by Gasteiger charge is -2.06. The van der Waals surface area contributed by atoms with Crippen molar-refractivity contribution < 1.29 is 13.7 Å². The van der Waals surface area contributed by atoms with Crippen LogP contribution in [0, 0.1) is 0 Å². The number of hydrogen-bond acceptors (Lipinski definition) is 3. The molecule has 13 heavy (non-hydrogen) atoms. The minimum atomic E-state index is -0.734. The van der Waals surface area contributed by atoms with E-state index in [1.807, 2.05) is 18.2 Å². The highest BCUT2D eigenvalue weighted by atomic mass is 35.6. The fraction of sp³-hybridized carbons (Fsp3) is 0.250. The molecule has 3 nitrogen and oxygen atoms in total. The van der Waals surface area contributed by atoms with Crippen LogP contribution in [0.1, 0.15) is 6.92 Å². The van der Waals surface area contributed by atoms with E-state index in [2.05, 4.69) is 27.6 Å². The van der Waals surface area contributed by atoms with E-state index >= 15 is 0 Å². The molecule has 1 N–H and O–H groups in total. The van der Waals surface area contributed by atoms with E-state index in [-0.39, 0.29) is 0 Å². The van der Waals surface area contributed by atoms with Gasteiger partial charge in [0.15, 0.2) is 6.29 Å². The molecule has 0 bridgehead atoms. The average Bonchev–Trinajstić information content (AvgIpc) is 2.06. The van der Waals surface area contributed by atoms with Crippen LogP contribution in [0.15, 0.2) is 30.3 Å². The molecule has 0 saturated heterocycles. The predicted molar refractivity (Wildman–Crippen MR) is 51.5 cm³/mol. The van der Waals surface area contributed by atoms with E-state index in [9.17, 15) is 0 Å². The molecule has 0 aliphatic carbocycles. The monoisotopic (exact) mass is 224 g/mol. The van der Waals surface area contributed by atoms with Crippen molar-refractivity contribution in [3.63, 3.8) is 0 Å².